The van der Waals surface area contributed by atoms with E-state index in [9.17, 15) is 9.59 Å². The van der Waals surface area contributed by atoms with Crippen molar-refractivity contribution in [1.29, 1.82) is 0 Å². The summed E-state index contributed by atoms with van der Waals surface area (Å²) in [5.74, 6) is -1.13. The Labute approximate surface area is 94.6 Å². The van der Waals surface area contributed by atoms with Crippen LogP contribution in [0.2, 0.25) is 0 Å². The van der Waals surface area contributed by atoms with Gasteiger partial charge in [0.15, 0.2) is 0 Å². The van der Waals surface area contributed by atoms with Gasteiger partial charge in [-0.15, -0.1) is 0 Å². The predicted octanol–water partition coefficient (Wildman–Crippen LogP) is -0.0956. The smallest absolute Gasteiger partial charge is 0.308 e. The minimum Gasteiger partial charge on any atom is -0.481 e. The maximum Gasteiger partial charge on any atom is 0.308 e. The first kappa shape index (κ1) is 11.4. The molecule has 0 spiro atoms. The van der Waals surface area contributed by atoms with Crippen LogP contribution in [0, 0.1) is 17.3 Å². The highest BCUT2D eigenvalue weighted by atomic mass is 16.4. The fraction of sp³-hybridized carbons (Fsp3) is 0.818. The summed E-state index contributed by atoms with van der Waals surface area (Å²) in [6.45, 7) is 3.16. The monoisotopic (exact) mass is 226 g/mol. The van der Waals surface area contributed by atoms with E-state index in [0.717, 1.165) is 12.8 Å². The van der Waals surface area contributed by atoms with Gasteiger partial charge in [0.1, 0.15) is 0 Å². The maximum absolute atomic E-state index is 12.1. The van der Waals surface area contributed by atoms with E-state index < -0.39 is 11.9 Å². The summed E-state index contributed by atoms with van der Waals surface area (Å²) >= 11 is 0. The molecule has 2 rings (SSSR count). The molecule has 0 aromatic rings. The van der Waals surface area contributed by atoms with Gasteiger partial charge in [0, 0.05) is 19.6 Å². The van der Waals surface area contributed by atoms with Crippen molar-refractivity contribution >= 4 is 11.9 Å². The molecule has 2 atom stereocenters. The molecule has 1 saturated carbocycles. The third-order valence-corrected chi connectivity index (χ3v) is 3.91. The zero-order valence-electron chi connectivity index (χ0n) is 9.48. The third-order valence-electron chi connectivity index (χ3n) is 3.91. The molecule has 2 unspecified atom stereocenters. The average molecular weight is 226 g/mol. The van der Waals surface area contributed by atoms with Crippen LogP contribution in [0.5, 0.6) is 0 Å². The number of likely N-dealkylation sites (tertiary alicyclic amines) is 1. The molecule has 1 heterocycles. The zero-order chi connectivity index (χ0) is 11.9. The number of carbonyl (C=O) groups excluding carboxylic acids is 1. The highest BCUT2D eigenvalue weighted by Gasteiger charge is 2.52. The van der Waals surface area contributed by atoms with Crippen molar-refractivity contribution in [2.24, 2.45) is 23.0 Å². The highest BCUT2D eigenvalue weighted by Crippen LogP contribution is 2.47. The topological polar surface area (TPSA) is 83.6 Å². The average Bonchev–Trinajstić information content (AvgIpc) is 2.95. The molecule has 1 aliphatic carbocycles. The van der Waals surface area contributed by atoms with Gasteiger partial charge in [-0.1, -0.05) is 6.92 Å². The van der Waals surface area contributed by atoms with Gasteiger partial charge in [0.05, 0.1) is 11.3 Å². The molecule has 1 saturated heterocycles. The van der Waals surface area contributed by atoms with Crippen LogP contribution in [-0.2, 0) is 9.59 Å². The van der Waals surface area contributed by atoms with E-state index in [1.807, 2.05) is 6.92 Å². The second-order valence-corrected chi connectivity index (χ2v) is 5.12. The van der Waals surface area contributed by atoms with E-state index >= 15 is 0 Å². The van der Waals surface area contributed by atoms with Gasteiger partial charge < -0.3 is 15.7 Å². The molecule has 0 bridgehead atoms. The number of carboxylic acid groups (broad SMARTS) is 1. The Kier molecular flexibility index (Phi) is 2.66. The lowest BCUT2D eigenvalue weighted by atomic mass is 9.99. The molecular formula is C11H18N2O3. The summed E-state index contributed by atoms with van der Waals surface area (Å²) in [5.41, 5.74) is 5.25. The lowest BCUT2D eigenvalue weighted by molar-refractivity contribution is -0.142. The van der Waals surface area contributed by atoms with Crippen molar-refractivity contribution in [2.45, 2.75) is 19.8 Å². The Bertz CT molecular complexity index is 325. The van der Waals surface area contributed by atoms with Crippen molar-refractivity contribution < 1.29 is 14.7 Å². The van der Waals surface area contributed by atoms with Crippen LogP contribution in [0.4, 0.5) is 0 Å². The minimum atomic E-state index is -0.805. The second kappa shape index (κ2) is 3.73. The van der Waals surface area contributed by atoms with Gasteiger partial charge in [0.2, 0.25) is 5.91 Å². The number of nitrogens with zero attached hydrogens (tertiary/aromatic N) is 1. The van der Waals surface area contributed by atoms with Gasteiger partial charge in [-0.25, -0.2) is 0 Å². The first-order valence-corrected chi connectivity index (χ1v) is 5.72. The van der Waals surface area contributed by atoms with Crippen LogP contribution in [0.15, 0.2) is 0 Å². The maximum atomic E-state index is 12.1. The van der Waals surface area contributed by atoms with Crippen LogP contribution in [-0.4, -0.2) is 41.5 Å². The largest absolute Gasteiger partial charge is 0.481 e. The summed E-state index contributed by atoms with van der Waals surface area (Å²) < 4.78 is 0. The number of carbonyl (C=O) groups is 2. The summed E-state index contributed by atoms with van der Waals surface area (Å²) in [4.78, 5) is 24.8. The van der Waals surface area contributed by atoms with E-state index in [-0.39, 0.29) is 17.2 Å². The third kappa shape index (κ3) is 1.69. The van der Waals surface area contributed by atoms with E-state index in [4.69, 9.17) is 10.8 Å². The predicted molar refractivity (Wildman–Crippen MR) is 57.6 cm³/mol. The molecule has 16 heavy (non-hydrogen) atoms. The Hall–Kier alpha value is -1.10. The summed E-state index contributed by atoms with van der Waals surface area (Å²) in [6.07, 6.45) is 1.70. The lowest BCUT2D eigenvalue weighted by Crippen LogP contribution is -2.39. The van der Waals surface area contributed by atoms with Gasteiger partial charge in [-0.2, -0.15) is 0 Å². The van der Waals surface area contributed by atoms with E-state index in [1.54, 1.807) is 4.90 Å². The number of rotatable bonds is 3. The SMILES string of the molecule is CC1CN(C(=O)C2(CN)CC2)CC1C(=O)O. The Morgan fingerprint density at radius 1 is 1.44 bits per heavy atom. The first-order chi connectivity index (χ1) is 7.50. The van der Waals surface area contributed by atoms with E-state index in [0.29, 0.717) is 19.6 Å². The molecule has 90 valence electrons. The normalized spacial score (nSPS) is 31.5. The van der Waals surface area contributed by atoms with Crippen molar-refractivity contribution in [3.63, 3.8) is 0 Å². The summed E-state index contributed by atoms with van der Waals surface area (Å²) in [7, 11) is 0. The second-order valence-electron chi connectivity index (χ2n) is 5.12. The van der Waals surface area contributed by atoms with E-state index in [2.05, 4.69) is 0 Å². The van der Waals surface area contributed by atoms with Gasteiger partial charge >= 0.3 is 5.97 Å². The van der Waals surface area contributed by atoms with Gasteiger partial charge in [0.25, 0.3) is 0 Å². The summed E-state index contributed by atoms with van der Waals surface area (Å²) in [5, 5.41) is 9.00. The fourth-order valence-electron chi connectivity index (χ4n) is 2.45. The molecule has 5 heteroatoms. The molecule has 2 aliphatic rings. The van der Waals surface area contributed by atoms with E-state index in [1.165, 1.54) is 0 Å². The fourth-order valence-corrected chi connectivity index (χ4v) is 2.45. The quantitative estimate of drug-likeness (QED) is 0.704. The first-order valence-electron chi connectivity index (χ1n) is 5.72. The number of carboxylic acids is 1. The number of aliphatic carboxylic acids is 1. The number of hydrogen-bond acceptors (Lipinski definition) is 3. The highest BCUT2D eigenvalue weighted by molar-refractivity contribution is 5.86. The van der Waals surface area contributed by atoms with Crippen LogP contribution in [0.1, 0.15) is 19.8 Å². The van der Waals surface area contributed by atoms with Crippen LogP contribution in [0.3, 0.4) is 0 Å². The molecule has 0 aromatic carbocycles. The summed E-state index contributed by atoms with van der Waals surface area (Å²) in [6, 6.07) is 0. The molecule has 3 N–H and O–H groups in total. The number of amides is 1. The molecular weight excluding hydrogens is 208 g/mol. The Balaban J connectivity index is 2.03. The van der Waals surface area contributed by atoms with Crippen molar-refractivity contribution in [3.8, 4) is 0 Å². The Morgan fingerprint density at radius 3 is 2.44 bits per heavy atom. The number of hydrogen-bond donors (Lipinski definition) is 2. The van der Waals surface area contributed by atoms with Crippen LogP contribution >= 0.6 is 0 Å². The van der Waals surface area contributed by atoms with Gasteiger partial charge in [-0.05, 0) is 18.8 Å². The van der Waals surface area contributed by atoms with Crippen LogP contribution in [0.25, 0.3) is 0 Å². The van der Waals surface area contributed by atoms with Crippen molar-refractivity contribution in [1.82, 2.24) is 4.90 Å². The molecule has 1 amide bonds. The minimum absolute atomic E-state index is 0.0371. The van der Waals surface area contributed by atoms with Crippen LogP contribution < -0.4 is 5.73 Å². The zero-order valence-corrected chi connectivity index (χ0v) is 9.48. The van der Waals surface area contributed by atoms with Crippen molar-refractivity contribution in [2.75, 3.05) is 19.6 Å². The Morgan fingerprint density at radius 2 is 2.06 bits per heavy atom. The standard InChI is InChI=1S/C11H18N2O3/c1-7-4-13(5-8(7)9(14)15)10(16)11(6-12)2-3-11/h7-8H,2-6,12H2,1H3,(H,14,15). The molecule has 2 fully saturated rings. The molecule has 5 nitrogen and oxygen atoms in total. The lowest BCUT2D eigenvalue weighted by Gasteiger charge is -2.21. The molecule has 1 aliphatic heterocycles. The molecule has 0 radical (unpaired) electrons. The number of nitrogens with two attached hydrogens (primary N) is 1. The van der Waals surface area contributed by atoms with Crippen molar-refractivity contribution in [3.05, 3.63) is 0 Å². The van der Waals surface area contributed by atoms with Gasteiger partial charge in [-0.3, -0.25) is 9.59 Å². The molecule has 0 aromatic heterocycles.